The number of rotatable bonds is 8. The number of anilines is 1. The van der Waals surface area contributed by atoms with Crippen LogP contribution in [0.25, 0.3) is 0 Å². The Morgan fingerprint density at radius 3 is 2.54 bits per heavy atom. The Labute approximate surface area is 184 Å². The quantitative estimate of drug-likeness (QED) is 0.331. The predicted molar refractivity (Wildman–Crippen MR) is 125 cm³/mol. The van der Waals surface area contributed by atoms with E-state index in [0.717, 1.165) is 40.9 Å². The molecule has 8 heteroatoms. The van der Waals surface area contributed by atoms with Crippen molar-refractivity contribution in [2.45, 2.75) is 20.0 Å². The molecule has 0 spiro atoms. The van der Waals surface area contributed by atoms with Crippen LogP contribution in [-0.2, 0) is 13.1 Å². The summed E-state index contributed by atoms with van der Waals surface area (Å²) in [5, 5.41) is 6.62. The van der Waals surface area contributed by atoms with Crippen LogP contribution in [0.2, 0.25) is 0 Å². The van der Waals surface area contributed by atoms with Gasteiger partial charge in [-0.15, -0.1) is 24.0 Å². The molecule has 7 nitrogen and oxygen atoms in total. The summed E-state index contributed by atoms with van der Waals surface area (Å²) in [5.41, 5.74) is 2.13. The third kappa shape index (κ3) is 7.06. The number of guanidine groups is 1. The third-order valence-electron chi connectivity index (χ3n) is 3.97. The van der Waals surface area contributed by atoms with Crippen molar-refractivity contribution in [3.8, 4) is 11.5 Å². The third-order valence-corrected chi connectivity index (χ3v) is 3.97. The first-order valence-corrected chi connectivity index (χ1v) is 8.92. The molecule has 2 rings (SSSR count). The highest BCUT2D eigenvalue weighted by atomic mass is 127. The van der Waals surface area contributed by atoms with Crippen LogP contribution in [0.5, 0.6) is 11.5 Å². The molecule has 0 aliphatic rings. The second-order valence-corrected chi connectivity index (χ2v) is 6.14. The van der Waals surface area contributed by atoms with Crippen LogP contribution in [0.15, 0.2) is 41.5 Å². The number of hydrogen-bond acceptors (Lipinski definition) is 5. The number of halogens is 1. The summed E-state index contributed by atoms with van der Waals surface area (Å²) in [7, 11) is 7.25. The Hall–Kier alpha value is -2.23. The molecule has 0 aliphatic heterocycles. The Morgan fingerprint density at radius 2 is 1.89 bits per heavy atom. The average Bonchev–Trinajstić information content (AvgIpc) is 2.70. The van der Waals surface area contributed by atoms with Gasteiger partial charge in [0.2, 0.25) is 0 Å². The molecular weight excluding hydrogens is 469 g/mol. The molecule has 1 aromatic carbocycles. The topological polar surface area (TPSA) is 71.0 Å². The lowest BCUT2D eigenvalue weighted by molar-refractivity contribution is 0.390. The molecule has 0 saturated heterocycles. The molecule has 154 valence electrons. The van der Waals surface area contributed by atoms with Crippen molar-refractivity contribution in [3.05, 3.63) is 47.7 Å². The summed E-state index contributed by atoms with van der Waals surface area (Å²) in [6.45, 7) is 3.99. The van der Waals surface area contributed by atoms with Crippen LogP contribution in [0.1, 0.15) is 18.1 Å². The molecule has 0 unspecified atom stereocenters. The molecule has 2 N–H and O–H groups in total. The van der Waals surface area contributed by atoms with Gasteiger partial charge in [-0.1, -0.05) is 0 Å². The standard InChI is InChI=1S/C20H29N5O2.HI/c1-6-21-20(23-13-15-9-10-22-19(11-15)25(2)3)24-14-16-7-8-17(26-4)12-18(16)27-5;/h7-12H,6,13-14H2,1-5H3,(H2,21,23,24);1H. The van der Waals surface area contributed by atoms with E-state index in [1.807, 2.05) is 62.4 Å². The molecular formula is C20H30IN5O2. The maximum atomic E-state index is 5.45. The lowest BCUT2D eigenvalue weighted by atomic mass is 10.2. The van der Waals surface area contributed by atoms with Crippen LogP contribution in [0, 0.1) is 0 Å². The molecule has 1 heterocycles. The lowest BCUT2D eigenvalue weighted by Gasteiger charge is -2.15. The summed E-state index contributed by atoms with van der Waals surface area (Å²) in [6.07, 6.45) is 1.81. The predicted octanol–water partition coefficient (Wildman–Crippen LogP) is 3.04. The van der Waals surface area contributed by atoms with E-state index in [4.69, 9.17) is 9.47 Å². The number of hydrogen-bond donors (Lipinski definition) is 2. The average molecular weight is 499 g/mol. The first-order chi connectivity index (χ1) is 13.1. The van der Waals surface area contributed by atoms with Gasteiger partial charge in [0, 0.05) is 45.0 Å². The van der Waals surface area contributed by atoms with Gasteiger partial charge in [-0.2, -0.15) is 0 Å². The molecule has 0 atom stereocenters. The van der Waals surface area contributed by atoms with Gasteiger partial charge in [-0.05, 0) is 36.8 Å². The van der Waals surface area contributed by atoms with E-state index < -0.39 is 0 Å². The van der Waals surface area contributed by atoms with Crippen molar-refractivity contribution in [1.82, 2.24) is 15.6 Å². The number of nitrogens with one attached hydrogen (secondary N) is 2. The molecule has 0 saturated carbocycles. The first kappa shape index (κ1) is 23.8. The van der Waals surface area contributed by atoms with Crippen molar-refractivity contribution >= 4 is 35.8 Å². The minimum atomic E-state index is 0. The fourth-order valence-corrected chi connectivity index (χ4v) is 2.49. The van der Waals surface area contributed by atoms with Gasteiger partial charge in [0.05, 0.1) is 20.8 Å². The maximum absolute atomic E-state index is 5.45. The molecule has 0 bridgehead atoms. The molecule has 28 heavy (non-hydrogen) atoms. The van der Waals surface area contributed by atoms with Crippen molar-refractivity contribution in [2.24, 2.45) is 4.99 Å². The largest absolute Gasteiger partial charge is 0.497 e. The monoisotopic (exact) mass is 499 g/mol. The number of nitrogens with zero attached hydrogens (tertiary/aromatic N) is 3. The van der Waals surface area contributed by atoms with E-state index in [1.165, 1.54) is 0 Å². The van der Waals surface area contributed by atoms with Crippen molar-refractivity contribution in [1.29, 1.82) is 0 Å². The van der Waals surface area contributed by atoms with Crippen molar-refractivity contribution < 1.29 is 9.47 Å². The van der Waals surface area contributed by atoms with Crippen LogP contribution >= 0.6 is 24.0 Å². The second kappa shape index (κ2) is 12.3. The fourth-order valence-electron chi connectivity index (χ4n) is 2.49. The van der Waals surface area contributed by atoms with Crippen LogP contribution < -0.4 is 25.0 Å². The van der Waals surface area contributed by atoms with Gasteiger partial charge < -0.3 is 25.0 Å². The zero-order chi connectivity index (χ0) is 19.6. The van der Waals surface area contributed by atoms with Crippen molar-refractivity contribution in [2.75, 3.05) is 39.8 Å². The molecule has 0 amide bonds. The SMILES string of the molecule is CCNC(=NCc1ccnc(N(C)C)c1)NCc1ccc(OC)cc1OC.I. The second-order valence-electron chi connectivity index (χ2n) is 6.14. The van der Waals surface area contributed by atoms with Gasteiger partial charge >= 0.3 is 0 Å². The highest BCUT2D eigenvalue weighted by Crippen LogP contribution is 2.24. The van der Waals surface area contributed by atoms with E-state index >= 15 is 0 Å². The van der Waals surface area contributed by atoms with Crippen molar-refractivity contribution in [3.63, 3.8) is 0 Å². The normalized spacial score (nSPS) is 10.7. The first-order valence-electron chi connectivity index (χ1n) is 8.92. The van der Waals surface area contributed by atoms with Gasteiger partial charge in [0.25, 0.3) is 0 Å². The Kier molecular flexibility index (Phi) is 10.4. The number of benzene rings is 1. The minimum Gasteiger partial charge on any atom is -0.497 e. The van der Waals surface area contributed by atoms with Crippen LogP contribution in [-0.4, -0.2) is 45.8 Å². The minimum absolute atomic E-state index is 0. The summed E-state index contributed by atoms with van der Waals surface area (Å²) in [5.74, 6) is 3.22. The number of aromatic nitrogens is 1. The highest BCUT2D eigenvalue weighted by molar-refractivity contribution is 14.0. The van der Waals surface area contributed by atoms with Gasteiger partial charge in [-0.3, -0.25) is 0 Å². The van der Waals surface area contributed by atoms with E-state index in [-0.39, 0.29) is 24.0 Å². The molecule has 1 aromatic heterocycles. The number of aliphatic imine (C=N–C) groups is 1. The van der Waals surface area contributed by atoms with Gasteiger partial charge in [0.1, 0.15) is 17.3 Å². The van der Waals surface area contributed by atoms with Crippen LogP contribution in [0.3, 0.4) is 0 Å². The highest BCUT2D eigenvalue weighted by Gasteiger charge is 2.06. The lowest BCUT2D eigenvalue weighted by Crippen LogP contribution is -2.36. The van der Waals surface area contributed by atoms with Crippen LogP contribution in [0.4, 0.5) is 5.82 Å². The molecule has 2 aromatic rings. The molecule has 0 fully saturated rings. The van der Waals surface area contributed by atoms with E-state index in [1.54, 1.807) is 14.2 Å². The summed E-state index contributed by atoms with van der Waals surface area (Å²) in [4.78, 5) is 11.0. The summed E-state index contributed by atoms with van der Waals surface area (Å²) >= 11 is 0. The smallest absolute Gasteiger partial charge is 0.191 e. The number of ether oxygens (including phenoxy) is 2. The summed E-state index contributed by atoms with van der Waals surface area (Å²) < 4.78 is 10.7. The molecule has 0 radical (unpaired) electrons. The molecule has 0 aliphatic carbocycles. The van der Waals surface area contributed by atoms with E-state index in [9.17, 15) is 0 Å². The van der Waals surface area contributed by atoms with Gasteiger partial charge in [-0.25, -0.2) is 9.98 Å². The Morgan fingerprint density at radius 1 is 1.11 bits per heavy atom. The van der Waals surface area contributed by atoms with E-state index in [2.05, 4.69) is 20.6 Å². The fraction of sp³-hybridized carbons (Fsp3) is 0.400. The Bertz CT molecular complexity index is 768. The van der Waals surface area contributed by atoms with E-state index in [0.29, 0.717) is 13.1 Å². The summed E-state index contributed by atoms with van der Waals surface area (Å²) in [6, 6.07) is 9.80. The zero-order valence-corrected chi connectivity index (χ0v) is 19.5. The maximum Gasteiger partial charge on any atom is 0.191 e. The zero-order valence-electron chi connectivity index (χ0n) is 17.2. The Balaban J connectivity index is 0.00000392. The number of pyridine rings is 1. The number of methoxy groups -OCH3 is 2. The van der Waals surface area contributed by atoms with Gasteiger partial charge in [0.15, 0.2) is 5.96 Å².